The van der Waals surface area contributed by atoms with E-state index in [0.29, 0.717) is 11.5 Å². The van der Waals surface area contributed by atoms with Crippen LogP contribution in [0.4, 0.5) is 0 Å². The Kier molecular flexibility index (Phi) is 2.22. The van der Waals surface area contributed by atoms with Gasteiger partial charge in [0.15, 0.2) is 0 Å². The van der Waals surface area contributed by atoms with Crippen LogP contribution < -0.4 is 0 Å². The molecule has 2 aromatic rings. The Morgan fingerprint density at radius 3 is 2.81 bits per heavy atom. The summed E-state index contributed by atoms with van der Waals surface area (Å²) in [5, 5.41) is 0.893. The molecule has 1 aromatic heterocycles. The van der Waals surface area contributed by atoms with E-state index >= 15 is 0 Å². The molecule has 0 bridgehead atoms. The number of aromatic nitrogens is 1. The summed E-state index contributed by atoms with van der Waals surface area (Å²) in [6.07, 6.45) is 0.727. The largest absolute Gasteiger partial charge is 0.461 e. The van der Waals surface area contributed by atoms with E-state index in [2.05, 4.69) is 4.98 Å². The fourth-order valence-electron chi connectivity index (χ4n) is 1.69. The first kappa shape index (κ1) is 9.54. The minimum atomic E-state index is -0.235. The fraction of sp³-hybridized carbons (Fsp3) is 0.167. The number of thiazole rings is 1. The van der Waals surface area contributed by atoms with Crippen LogP contribution in [0.3, 0.4) is 0 Å². The molecule has 0 spiro atoms. The van der Waals surface area contributed by atoms with Gasteiger partial charge >= 0.3 is 5.97 Å². The van der Waals surface area contributed by atoms with Crippen molar-refractivity contribution in [3.05, 3.63) is 40.9 Å². The first-order valence-corrected chi connectivity index (χ1v) is 5.88. The van der Waals surface area contributed by atoms with Crippen LogP contribution in [0.25, 0.3) is 10.6 Å². The Morgan fingerprint density at radius 1 is 1.25 bits per heavy atom. The molecule has 0 N–H and O–H groups in total. The number of hydrogen-bond donors (Lipinski definition) is 0. The molecule has 0 saturated heterocycles. The highest BCUT2D eigenvalue weighted by Crippen LogP contribution is 2.30. The molecule has 0 aliphatic carbocycles. The van der Waals surface area contributed by atoms with Crippen LogP contribution in [0.15, 0.2) is 30.3 Å². The van der Waals surface area contributed by atoms with E-state index in [4.69, 9.17) is 4.74 Å². The lowest BCUT2D eigenvalue weighted by molar-refractivity contribution is 0.0485. The minimum absolute atomic E-state index is 0.235. The van der Waals surface area contributed by atoms with E-state index in [1.807, 2.05) is 30.3 Å². The standard InChI is InChI=1S/C12H9NO2S/c14-12-10-9(6-7-15-12)13-11(16-10)8-4-2-1-3-5-8/h1-5H,6-7H2. The van der Waals surface area contributed by atoms with E-state index < -0.39 is 0 Å². The van der Waals surface area contributed by atoms with Crippen LogP contribution in [0, 0.1) is 0 Å². The highest BCUT2D eigenvalue weighted by atomic mass is 32.1. The van der Waals surface area contributed by atoms with Gasteiger partial charge in [-0.2, -0.15) is 0 Å². The van der Waals surface area contributed by atoms with Gasteiger partial charge in [-0.3, -0.25) is 0 Å². The zero-order valence-electron chi connectivity index (χ0n) is 8.47. The molecule has 80 valence electrons. The summed E-state index contributed by atoms with van der Waals surface area (Å²) in [7, 11) is 0. The third-order valence-electron chi connectivity index (χ3n) is 2.48. The first-order valence-electron chi connectivity index (χ1n) is 5.07. The Morgan fingerprint density at radius 2 is 2.06 bits per heavy atom. The van der Waals surface area contributed by atoms with Gasteiger partial charge in [0.25, 0.3) is 0 Å². The van der Waals surface area contributed by atoms with Crippen LogP contribution in [-0.2, 0) is 11.2 Å². The number of carbonyl (C=O) groups is 1. The van der Waals surface area contributed by atoms with Gasteiger partial charge < -0.3 is 4.74 Å². The number of rotatable bonds is 1. The zero-order valence-corrected chi connectivity index (χ0v) is 9.29. The predicted molar refractivity (Wildman–Crippen MR) is 61.5 cm³/mol. The second-order valence-electron chi connectivity index (χ2n) is 3.55. The van der Waals surface area contributed by atoms with Crippen molar-refractivity contribution >= 4 is 17.3 Å². The second kappa shape index (κ2) is 3.72. The van der Waals surface area contributed by atoms with E-state index in [-0.39, 0.29) is 5.97 Å². The van der Waals surface area contributed by atoms with Gasteiger partial charge in [-0.05, 0) is 0 Å². The summed E-state index contributed by atoms with van der Waals surface area (Å²) < 4.78 is 4.98. The molecule has 0 amide bonds. The average Bonchev–Trinajstić information content (AvgIpc) is 2.76. The summed E-state index contributed by atoms with van der Waals surface area (Å²) in [6.45, 7) is 0.448. The number of cyclic esters (lactones) is 1. The Balaban J connectivity index is 2.08. The lowest BCUT2D eigenvalue weighted by Gasteiger charge is -2.08. The van der Waals surface area contributed by atoms with Crippen molar-refractivity contribution < 1.29 is 9.53 Å². The SMILES string of the molecule is O=C1OCCc2nc(-c3ccccc3)sc21. The monoisotopic (exact) mass is 231 g/mol. The van der Waals surface area contributed by atoms with Gasteiger partial charge in [0.2, 0.25) is 0 Å². The smallest absolute Gasteiger partial charge is 0.350 e. The van der Waals surface area contributed by atoms with Crippen molar-refractivity contribution in [1.29, 1.82) is 0 Å². The molecule has 0 unspecified atom stereocenters. The maximum atomic E-state index is 11.5. The average molecular weight is 231 g/mol. The number of benzene rings is 1. The number of hydrogen-bond acceptors (Lipinski definition) is 4. The number of esters is 1. The van der Waals surface area contributed by atoms with E-state index in [1.165, 1.54) is 11.3 Å². The minimum Gasteiger partial charge on any atom is -0.461 e. The second-order valence-corrected chi connectivity index (χ2v) is 4.55. The molecule has 3 rings (SSSR count). The summed E-state index contributed by atoms with van der Waals surface area (Å²) in [5.74, 6) is -0.235. The Labute approximate surface area is 96.7 Å². The van der Waals surface area contributed by atoms with Crippen LogP contribution in [0.2, 0.25) is 0 Å². The highest BCUT2D eigenvalue weighted by Gasteiger charge is 2.23. The number of nitrogens with zero attached hydrogens (tertiary/aromatic N) is 1. The molecule has 0 radical (unpaired) electrons. The summed E-state index contributed by atoms with van der Waals surface area (Å²) in [4.78, 5) is 16.6. The summed E-state index contributed by atoms with van der Waals surface area (Å²) in [5.41, 5.74) is 1.93. The van der Waals surface area contributed by atoms with Crippen molar-refractivity contribution in [2.45, 2.75) is 6.42 Å². The molecule has 0 atom stereocenters. The van der Waals surface area contributed by atoms with Crippen molar-refractivity contribution in [2.24, 2.45) is 0 Å². The lowest BCUT2D eigenvalue weighted by atomic mass is 10.2. The van der Waals surface area contributed by atoms with Crippen molar-refractivity contribution in [2.75, 3.05) is 6.61 Å². The number of ether oxygens (including phenoxy) is 1. The molecule has 3 nitrogen and oxygen atoms in total. The molecule has 1 aliphatic heterocycles. The summed E-state index contributed by atoms with van der Waals surface area (Å²) in [6, 6.07) is 9.89. The third-order valence-corrected chi connectivity index (χ3v) is 3.60. The molecule has 16 heavy (non-hydrogen) atoms. The molecular weight excluding hydrogens is 222 g/mol. The van der Waals surface area contributed by atoms with Gasteiger partial charge in [0.1, 0.15) is 9.88 Å². The van der Waals surface area contributed by atoms with Crippen LogP contribution in [-0.4, -0.2) is 17.6 Å². The number of fused-ring (bicyclic) bond motifs is 1. The Bertz CT molecular complexity index is 533. The summed E-state index contributed by atoms with van der Waals surface area (Å²) >= 11 is 1.41. The molecule has 4 heteroatoms. The van der Waals surface area contributed by atoms with Crippen molar-refractivity contribution in [3.8, 4) is 10.6 Å². The normalized spacial score (nSPS) is 14.4. The molecule has 1 aliphatic rings. The maximum absolute atomic E-state index is 11.5. The van der Waals surface area contributed by atoms with Gasteiger partial charge in [0.05, 0.1) is 12.3 Å². The lowest BCUT2D eigenvalue weighted by Crippen LogP contribution is -2.15. The first-order chi connectivity index (χ1) is 7.84. The highest BCUT2D eigenvalue weighted by molar-refractivity contribution is 7.17. The van der Waals surface area contributed by atoms with Gasteiger partial charge in [-0.15, -0.1) is 11.3 Å². The Hall–Kier alpha value is -1.68. The van der Waals surface area contributed by atoms with Gasteiger partial charge in [-0.1, -0.05) is 30.3 Å². The van der Waals surface area contributed by atoms with Gasteiger partial charge in [-0.25, -0.2) is 9.78 Å². The van der Waals surface area contributed by atoms with Crippen LogP contribution in [0.1, 0.15) is 15.4 Å². The third kappa shape index (κ3) is 1.51. The fourth-order valence-corrected chi connectivity index (χ4v) is 2.70. The number of carbonyl (C=O) groups excluding carboxylic acids is 1. The van der Waals surface area contributed by atoms with E-state index in [1.54, 1.807) is 0 Å². The van der Waals surface area contributed by atoms with E-state index in [9.17, 15) is 4.79 Å². The van der Waals surface area contributed by atoms with Crippen LogP contribution in [0.5, 0.6) is 0 Å². The van der Waals surface area contributed by atoms with E-state index in [0.717, 1.165) is 22.7 Å². The molecule has 0 saturated carbocycles. The predicted octanol–water partition coefficient (Wildman–Crippen LogP) is 2.52. The van der Waals surface area contributed by atoms with Crippen molar-refractivity contribution in [3.63, 3.8) is 0 Å². The molecule has 1 aromatic carbocycles. The van der Waals surface area contributed by atoms with Crippen molar-refractivity contribution in [1.82, 2.24) is 4.98 Å². The maximum Gasteiger partial charge on any atom is 0.350 e. The van der Waals surface area contributed by atoms with Crippen LogP contribution >= 0.6 is 11.3 Å². The molecule has 2 heterocycles. The quantitative estimate of drug-likeness (QED) is 0.708. The van der Waals surface area contributed by atoms with Gasteiger partial charge in [0, 0.05) is 12.0 Å². The topological polar surface area (TPSA) is 39.2 Å². The zero-order chi connectivity index (χ0) is 11.0. The molecule has 0 fully saturated rings. The molecular formula is C12H9NO2S.